The van der Waals surface area contributed by atoms with Crippen molar-refractivity contribution in [3.8, 4) is 0 Å². The Morgan fingerprint density at radius 3 is 2.91 bits per heavy atom. The van der Waals surface area contributed by atoms with Crippen molar-refractivity contribution >= 4 is 38.7 Å². The summed E-state index contributed by atoms with van der Waals surface area (Å²) in [5.41, 5.74) is 2.01. The van der Waals surface area contributed by atoms with Gasteiger partial charge in [0.15, 0.2) is 6.10 Å². The third-order valence-electron chi connectivity index (χ3n) is 3.76. The second-order valence-corrected chi connectivity index (χ2v) is 6.34. The van der Waals surface area contributed by atoms with Gasteiger partial charge in [-0.3, -0.25) is 9.78 Å². The van der Waals surface area contributed by atoms with Gasteiger partial charge in [0.1, 0.15) is 0 Å². The Morgan fingerprint density at radius 1 is 1.39 bits per heavy atom. The lowest BCUT2D eigenvalue weighted by atomic mass is 10.1. The summed E-state index contributed by atoms with van der Waals surface area (Å²) in [7, 11) is 0. The number of carboxylic acids is 1. The minimum Gasteiger partial charge on any atom is -0.479 e. The van der Waals surface area contributed by atoms with Gasteiger partial charge in [0.25, 0.3) is 5.91 Å². The van der Waals surface area contributed by atoms with E-state index < -0.39 is 12.1 Å². The maximum atomic E-state index is 12.9. The Hall–Kier alpha value is -1.99. The van der Waals surface area contributed by atoms with Crippen LogP contribution in [0, 0.1) is 6.92 Å². The lowest BCUT2D eigenvalue weighted by Crippen LogP contribution is -2.48. The van der Waals surface area contributed by atoms with Gasteiger partial charge in [0.2, 0.25) is 0 Å². The number of fused-ring (bicyclic) bond motifs is 1. The number of aliphatic carboxylic acids is 1. The van der Waals surface area contributed by atoms with Gasteiger partial charge in [0, 0.05) is 22.1 Å². The van der Waals surface area contributed by atoms with E-state index >= 15 is 0 Å². The van der Waals surface area contributed by atoms with Gasteiger partial charge in [0.05, 0.1) is 24.2 Å². The minimum atomic E-state index is -1.05. The van der Waals surface area contributed by atoms with Crippen LogP contribution in [-0.4, -0.2) is 52.7 Å². The normalized spacial score (nSPS) is 18.2. The van der Waals surface area contributed by atoms with Crippen LogP contribution >= 0.6 is 15.9 Å². The number of hydrogen-bond acceptors (Lipinski definition) is 4. The number of carbonyl (C=O) groups excluding carboxylic acids is 1. The first-order valence-electron chi connectivity index (χ1n) is 7.16. The van der Waals surface area contributed by atoms with Crippen molar-refractivity contribution in [3.63, 3.8) is 0 Å². The molecule has 2 aromatic rings. The van der Waals surface area contributed by atoms with Gasteiger partial charge in [-0.1, -0.05) is 15.9 Å². The summed E-state index contributed by atoms with van der Waals surface area (Å²) >= 11 is 3.41. The molecule has 1 aliphatic heterocycles. The summed E-state index contributed by atoms with van der Waals surface area (Å²) in [5.74, 6) is -1.26. The van der Waals surface area contributed by atoms with Crippen molar-refractivity contribution in [2.75, 3.05) is 19.7 Å². The highest BCUT2D eigenvalue weighted by Gasteiger charge is 2.30. The predicted molar refractivity (Wildman–Crippen MR) is 87.5 cm³/mol. The molecule has 2 heterocycles. The van der Waals surface area contributed by atoms with Gasteiger partial charge < -0.3 is 14.7 Å². The highest BCUT2D eigenvalue weighted by Crippen LogP contribution is 2.24. The van der Waals surface area contributed by atoms with Crippen molar-refractivity contribution in [3.05, 3.63) is 40.0 Å². The molecule has 1 amide bonds. The van der Waals surface area contributed by atoms with Gasteiger partial charge in [-0.25, -0.2) is 4.79 Å². The van der Waals surface area contributed by atoms with Crippen LogP contribution in [0.5, 0.6) is 0 Å². The molecule has 1 aliphatic rings. The second-order valence-electron chi connectivity index (χ2n) is 5.42. The van der Waals surface area contributed by atoms with Crippen molar-refractivity contribution in [1.82, 2.24) is 9.88 Å². The summed E-state index contributed by atoms with van der Waals surface area (Å²) in [5, 5.41) is 9.83. The van der Waals surface area contributed by atoms with Gasteiger partial charge in [-0.2, -0.15) is 0 Å². The molecule has 1 atom stereocenters. The predicted octanol–water partition coefficient (Wildman–Crippen LogP) is 2.23. The number of nitrogens with zero attached hydrogens (tertiary/aromatic N) is 2. The summed E-state index contributed by atoms with van der Waals surface area (Å²) in [4.78, 5) is 29.9. The van der Waals surface area contributed by atoms with Crippen LogP contribution in [0.1, 0.15) is 16.1 Å². The minimum absolute atomic E-state index is 0.0467. The fraction of sp³-hybridized carbons (Fsp3) is 0.312. The van der Waals surface area contributed by atoms with E-state index in [1.165, 1.54) is 4.90 Å². The molecule has 1 N–H and O–H groups in total. The number of amides is 1. The van der Waals surface area contributed by atoms with E-state index in [-0.39, 0.29) is 19.1 Å². The quantitative estimate of drug-likeness (QED) is 0.866. The molecule has 3 rings (SSSR count). The van der Waals surface area contributed by atoms with E-state index in [1.807, 2.05) is 25.1 Å². The summed E-state index contributed by atoms with van der Waals surface area (Å²) in [6, 6.07) is 7.31. The lowest BCUT2D eigenvalue weighted by Gasteiger charge is -2.31. The standard InChI is InChI=1S/C16H15BrN2O4/c1-9-6-12(11-7-10(17)2-3-13(11)18-9)15(20)19-4-5-23-14(8-19)16(21)22/h2-3,6-7,14H,4-5,8H2,1H3,(H,21,22). The topological polar surface area (TPSA) is 79.7 Å². The first kappa shape index (κ1) is 15.9. The van der Waals surface area contributed by atoms with E-state index in [0.717, 1.165) is 21.1 Å². The molecule has 1 aromatic carbocycles. The summed E-state index contributed by atoms with van der Waals surface area (Å²) < 4.78 is 6.03. The maximum absolute atomic E-state index is 12.9. The number of morpholine rings is 1. The Balaban J connectivity index is 2.00. The number of benzene rings is 1. The molecule has 1 fully saturated rings. The van der Waals surface area contributed by atoms with E-state index in [0.29, 0.717) is 12.1 Å². The van der Waals surface area contributed by atoms with Crippen LogP contribution < -0.4 is 0 Å². The molecule has 1 saturated heterocycles. The summed E-state index contributed by atoms with van der Waals surface area (Å²) in [6.45, 7) is 2.47. The monoisotopic (exact) mass is 378 g/mol. The van der Waals surface area contributed by atoms with Crippen molar-refractivity contribution in [2.45, 2.75) is 13.0 Å². The number of aryl methyl sites for hydroxylation is 1. The van der Waals surface area contributed by atoms with E-state index in [1.54, 1.807) is 6.07 Å². The molecule has 1 aromatic heterocycles. The molecule has 1 unspecified atom stereocenters. The smallest absolute Gasteiger partial charge is 0.334 e. The highest BCUT2D eigenvalue weighted by molar-refractivity contribution is 9.10. The number of rotatable bonds is 2. The molecule has 120 valence electrons. The molecule has 0 aliphatic carbocycles. The number of carbonyl (C=O) groups is 2. The molecule has 0 radical (unpaired) electrons. The number of ether oxygens (including phenoxy) is 1. The molecular weight excluding hydrogens is 364 g/mol. The summed E-state index contributed by atoms with van der Waals surface area (Å²) in [6.07, 6.45) is -0.978. The maximum Gasteiger partial charge on any atom is 0.334 e. The first-order chi connectivity index (χ1) is 11.0. The average molecular weight is 379 g/mol. The zero-order chi connectivity index (χ0) is 16.6. The third-order valence-corrected chi connectivity index (χ3v) is 4.25. The molecular formula is C16H15BrN2O4. The molecule has 0 bridgehead atoms. The van der Waals surface area contributed by atoms with Crippen LogP contribution in [0.2, 0.25) is 0 Å². The van der Waals surface area contributed by atoms with Crippen LogP contribution in [0.4, 0.5) is 0 Å². The lowest BCUT2D eigenvalue weighted by molar-refractivity contribution is -0.154. The van der Waals surface area contributed by atoms with Crippen LogP contribution in [0.25, 0.3) is 10.9 Å². The zero-order valence-electron chi connectivity index (χ0n) is 12.5. The average Bonchev–Trinajstić information content (AvgIpc) is 2.54. The fourth-order valence-corrected chi connectivity index (χ4v) is 3.02. The molecule has 7 heteroatoms. The van der Waals surface area contributed by atoms with Crippen molar-refractivity contribution < 1.29 is 19.4 Å². The highest BCUT2D eigenvalue weighted by atomic mass is 79.9. The Morgan fingerprint density at radius 2 is 2.17 bits per heavy atom. The number of carboxylic acid groups (broad SMARTS) is 1. The fourth-order valence-electron chi connectivity index (χ4n) is 2.66. The van der Waals surface area contributed by atoms with E-state index in [4.69, 9.17) is 9.84 Å². The van der Waals surface area contributed by atoms with Crippen molar-refractivity contribution in [1.29, 1.82) is 0 Å². The second kappa shape index (κ2) is 6.25. The zero-order valence-corrected chi connectivity index (χ0v) is 14.0. The number of halogens is 1. The van der Waals surface area contributed by atoms with Gasteiger partial charge >= 0.3 is 5.97 Å². The van der Waals surface area contributed by atoms with Crippen molar-refractivity contribution in [2.24, 2.45) is 0 Å². The van der Waals surface area contributed by atoms with Crippen LogP contribution in [-0.2, 0) is 9.53 Å². The van der Waals surface area contributed by atoms with Crippen LogP contribution in [0.3, 0.4) is 0 Å². The SMILES string of the molecule is Cc1cc(C(=O)N2CCOC(C(=O)O)C2)c2cc(Br)ccc2n1. The molecule has 0 spiro atoms. The number of pyridine rings is 1. The third kappa shape index (κ3) is 3.20. The van der Waals surface area contributed by atoms with E-state index in [9.17, 15) is 9.59 Å². The van der Waals surface area contributed by atoms with E-state index in [2.05, 4.69) is 20.9 Å². The Bertz CT molecular complexity index is 793. The van der Waals surface area contributed by atoms with Gasteiger partial charge in [-0.15, -0.1) is 0 Å². The number of hydrogen-bond donors (Lipinski definition) is 1. The molecule has 0 saturated carbocycles. The number of aromatic nitrogens is 1. The van der Waals surface area contributed by atoms with Crippen LogP contribution in [0.15, 0.2) is 28.7 Å². The first-order valence-corrected chi connectivity index (χ1v) is 7.95. The molecule has 6 nitrogen and oxygen atoms in total. The Kier molecular flexibility index (Phi) is 4.32. The largest absolute Gasteiger partial charge is 0.479 e. The Labute approximate surface area is 141 Å². The molecule has 23 heavy (non-hydrogen) atoms. The van der Waals surface area contributed by atoms with Gasteiger partial charge in [-0.05, 0) is 31.2 Å².